The average Bonchev–Trinajstić information content (AvgIpc) is 2.77. The van der Waals surface area contributed by atoms with Crippen molar-refractivity contribution in [3.63, 3.8) is 0 Å². The van der Waals surface area contributed by atoms with Gasteiger partial charge in [-0.25, -0.2) is 8.42 Å². The number of nitrogens with one attached hydrogen (secondary N) is 1. The van der Waals surface area contributed by atoms with Gasteiger partial charge >= 0.3 is 0 Å². The first-order chi connectivity index (χ1) is 12.7. The number of carbonyl (C=O) groups excluding carboxylic acids is 1. The first kappa shape index (κ1) is 19.5. The van der Waals surface area contributed by atoms with Crippen molar-refractivity contribution in [1.82, 2.24) is 0 Å². The van der Waals surface area contributed by atoms with Crippen LogP contribution in [0.3, 0.4) is 0 Å². The Morgan fingerprint density at radius 1 is 1.22 bits per heavy atom. The number of rotatable bonds is 3. The van der Waals surface area contributed by atoms with E-state index in [0.717, 1.165) is 23.1 Å². The molecule has 3 rings (SSSR count). The largest absolute Gasteiger partial charge is 0.478 e. The molecule has 6 nitrogen and oxygen atoms in total. The van der Waals surface area contributed by atoms with Gasteiger partial charge in [-0.1, -0.05) is 29.8 Å². The highest BCUT2D eigenvalue weighted by Gasteiger charge is 2.31. The Labute approximate surface area is 164 Å². The highest BCUT2D eigenvalue weighted by atomic mass is 35.5. The second-order valence-electron chi connectivity index (χ2n) is 6.60. The van der Waals surface area contributed by atoms with E-state index >= 15 is 0 Å². The summed E-state index contributed by atoms with van der Waals surface area (Å²) in [5.41, 5.74) is 2.97. The van der Waals surface area contributed by atoms with Crippen molar-refractivity contribution in [3.05, 3.63) is 52.5 Å². The first-order valence-corrected chi connectivity index (χ1v) is 10.7. The van der Waals surface area contributed by atoms with Crippen LogP contribution in [0.15, 0.2) is 36.4 Å². The third-order valence-electron chi connectivity index (χ3n) is 4.48. The topological polar surface area (TPSA) is 75.7 Å². The van der Waals surface area contributed by atoms with Gasteiger partial charge in [-0.2, -0.15) is 0 Å². The molecule has 27 heavy (non-hydrogen) atoms. The van der Waals surface area contributed by atoms with Gasteiger partial charge in [-0.15, -0.1) is 0 Å². The SMILES string of the molecule is Cc1cccc(C)c1NC(=O)[C@H]1CCN(S(C)(=O)=O)c2cc(Cl)ccc2O1. The Morgan fingerprint density at radius 3 is 2.52 bits per heavy atom. The van der Waals surface area contributed by atoms with Crippen LogP contribution in [0.2, 0.25) is 5.02 Å². The summed E-state index contributed by atoms with van der Waals surface area (Å²) in [6.07, 6.45) is 0.515. The first-order valence-electron chi connectivity index (χ1n) is 8.48. The maximum absolute atomic E-state index is 12.8. The molecule has 1 aliphatic heterocycles. The summed E-state index contributed by atoms with van der Waals surface area (Å²) in [5.74, 6) is -0.00682. The number of amides is 1. The monoisotopic (exact) mass is 408 g/mol. The number of ether oxygens (including phenoxy) is 1. The lowest BCUT2D eigenvalue weighted by molar-refractivity contribution is -0.122. The van der Waals surface area contributed by atoms with E-state index in [1.165, 1.54) is 10.4 Å². The van der Waals surface area contributed by atoms with E-state index in [1.54, 1.807) is 12.1 Å². The molecule has 1 amide bonds. The van der Waals surface area contributed by atoms with Crippen LogP contribution in [0.25, 0.3) is 0 Å². The van der Waals surface area contributed by atoms with Gasteiger partial charge in [0.15, 0.2) is 6.10 Å². The normalized spacial score (nSPS) is 16.9. The van der Waals surface area contributed by atoms with E-state index in [9.17, 15) is 13.2 Å². The molecule has 0 spiro atoms. The van der Waals surface area contributed by atoms with Gasteiger partial charge in [-0.05, 0) is 43.2 Å². The minimum Gasteiger partial charge on any atom is -0.478 e. The molecule has 2 aromatic rings. The van der Waals surface area contributed by atoms with Crippen LogP contribution in [0, 0.1) is 13.8 Å². The van der Waals surface area contributed by atoms with Gasteiger partial charge in [0.25, 0.3) is 5.91 Å². The van der Waals surface area contributed by atoms with E-state index < -0.39 is 16.1 Å². The summed E-state index contributed by atoms with van der Waals surface area (Å²) in [6, 6.07) is 10.5. The third-order valence-corrected chi connectivity index (χ3v) is 5.89. The summed E-state index contributed by atoms with van der Waals surface area (Å²) in [5, 5.41) is 3.31. The number of aryl methyl sites for hydroxylation is 2. The van der Waals surface area contributed by atoms with Gasteiger partial charge < -0.3 is 10.1 Å². The summed E-state index contributed by atoms with van der Waals surface area (Å²) < 4.78 is 31.5. The van der Waals surface area contributed by atoms with E-state index in [2.05, 4.69) is 5.32 Å². The predicted molar refractivity (Wildman–Crippen MR) is 107 cm³/mol. The third kappa shape index (κ3) is 4.20. The fourth-order valence-corrected chi connectivity index (χ4v) is 4.20. The molecule has 1 heterocycles. The van der Waals surface area contributed by atoms with Crippen LogP contribution in [0.1, 0.15) is 17.5 Å². The smallest absolute Gasteiger partial charge is 0.265 e. The number of nitrogens with zero attached hydrogens (tertiary/aromatic N) is 1. The molecular formula is C19H21ClN2O4S. The van der Waals surface area contributed by atoms with Crippen LogP contribution >= 0.6 is 11.6 Å². The summed E-state index contributed by atoms with van der Waals surface area (Å²) >= 11 is 6.03. The number of fused-ring (bicyclic) bond motifs is 1. The van der Waals surface area contributed by atoms with Crippen molar-refractivity contribution in [1.29, 1.82) is 0 Å². The molecule has 0 fully saturated rings. The van der Waals surface area contributed by atoms with Crippen molar-refractivity contribution in [2.75, 3.05) is 22.4 Å². The molecule has 0 unspecified atom stereocenters. The quantitative estimate of drug-likeness (QED) is 0.843. The average molecular weight is 409 g/mol. The van der Waals surface area contributed by atoms with Gasteiger partial charge in [0.2, 0.25) is 10.0 Å². The van der Waals surface area contributed by atoms with Crippen LogP contribution < -0.4 is 14.4 Å². The van der Waals surface area contributed by atoms with E-state index in [1.807, 2.05) is 32.0 Å². The van der Waals surface area contributed by atoms with E-state index in [4.69, 9.17) is 16.3 Å². The zero-order chi connectivity index (χ0) is 19.8. The Hall–Kier alpha value is -2.25. The van der Waals surface area contributed by atoms with Crippen molar-refractivity contribution < 1.29 is 17.9 Å². The van der Waals surface area contributed by atoms with Crippen molar-refractivity contribution in [3.8, 4) is 5.75 Å². The molecule has 0 bridgehead atoms. The fraction of sp³-hybridized carbons (Fsp3) is 0.316. The Bertz CT molecular complexity index is 971. The van der Waals surface area contributed by atoms with Gasteiger partial charge in [0.05, 0.1) is 11.9 Å². The van der Waals surface area contributed by atoms with E-state index in [-0.39, 0.29) is 18.9 Å². The maximum atomic E-state index is 12.8. The fourth-order valence-electron chi connectivity index (χ4n) is 3.10. The molecule has 8 heteroatoms. The zero-order valence-corrected chi connectivity index (χ0v) is 16.9. The molecule has 1 aliphatic rings. The number of hydrogen-bond donors (Lipinski definition) is 1. The number of halogens is 1. The second kappa shape index (κ2) is 7.40. The number of carbonyl (C=O) groups is 1. The second-order valence-corrected chi connectivity index (χ2v) is 8.94. The van der Waals surface area contributed by atoms with Crippen LogP contribution in [0.4, 0.5) is 11.4 Å². The van der Waals surface area contributed by atoms with E-state index in [0.29, 0.717) is 16.5 Å². The van der Waals surface area contributed by atoms with Gasteiger partial charge in [0, 0.05) is 23.7 Å². The number of anilines is 2. The molecule has 0 aromatic heterocycles. The van der Waals surface area contributed by atoms with Crippen LogP contribution in [-0.4, -0.2) is 33.2 Å². The minimum absolute atomic E-state index is 0.122. The van der Waals surface area contributed by atoms with Gasteiger partial charge in [0.1, 0.15) is 5.75 Å². The highest BCUT2D eigenvalue weighted by Crippen LogP contribution is 2.36. The lowest BCUT2D eigenvalue weighted by Gasteiger charge is -2.21. The predicted octanol–water partition coefficient (Wildman–Crippen LogP) is 3.51. The molecule has 1 N–H and O–H groups in total. The standard InChI is InChI=1S/C19H21ClN2O4S/c1-12-5-4-6-13(2)18(12)21-19(23)17-9-10-22(27(3,24)25)15-11-14(20)7-8-16(15)26-17/h4-8,11,17H,9-10H2,1-3H3,(H,21,23)/t17-/m1/s1. The Morgan fingerprint density at radius 2 is 1.89 bits per heavy atom. The van der Waals surface area contributed by atoms with Crippen LogP contribution in [-0.2, 0) is 14.8 Å². The van der Waals surface area contributed by atoms with Crippen LogP contribution in [0.5, 0.6) is 5.75 Å². The number of benzene rings is 2. The molecule has 144 valence electrons. The molecule has 0 aliphatic carbocycles. The molecule has 0 saturated carbocycles. The summed E-state index contributed by atoms with van der Waals surface area (Å²) in [7, 11) is -3.54. The lowest BCUT2D eigenvalue weighted by atomic mass is 10.1. The molecule has 0 radical (unpaired) electrons. The van der Waals surface area contributed by atoms with Crippen molar-refractivity contribution >= 4 is 38.9 Å². The number of para-hydroxylation sites is 1. The number of hydrogen-bond acceptors (Lipinski definition) is 4. The molecular weight excluding hydrogens is 388 g/mol. The Balaban J connectivity index is 1.91. The zero-order valence-electron chi connectivity index (χ0n) is 15.3. The molecule has 0 saturated heterocycles. The minimum atomic E-state index is -3.54. The lowest BCUT2D eigenvalue weighted by Crippen LogP contribution is -2.36. The molecule has 2 aromatic carbocycles. The maximum Gasteiger partial charge on any atom is 0.265 e. The van der Waals surface area contributed by atoms with Gasteiger partial charge in [-0.3, -0.25) is 9.10 Å². The summed E-state index contributed by atoms with van der Waals surface area (Å²) in [4.78, 5) is 12.8. The highest BCUT2D eigenvalue weighted by molar-refractivity contribution is 7.92. The summed E-state index contributed by atoms with van der Waals surface area (Å²) in [6.45, 7) is 3.95. The molecule has 1 atom stereocenters. The van der Waals surface area contributed by atoms with Crippen molar-refractivity contribution in [2.24, 2.45) is 0 Å². The number of sulfonamides is 1. The van der Waals surface area contributed by atoms with Crippen molar-refractivity contribution in [2.45, 2.75) is 26.4 Å². The Kier molecular flexibility index (Phi) is 5.35.